The van der Waals surface area contributed by atoms with Crippen LogP contribution in [0.3, 0.4) is 0 Å². The molecule has 2 rings (SSSR count). The fourth-order valence-corrected chi connectivity index (χ4v) is 2.11. The van der Waals surface area contributed by atoms with Crippen LogP contribution in [-0.4, -0.2) is 0 Å². The van der Waals surface area contributed by atoms with E-state index in [4.69, 9.17) is 0 Å². The van der Waals surface area contributed by atoms with E-state index in [9.17, 15) is 0 Å². The standard InChI is InChI=1S/C9H13.C8H11.2ClH.Zr/c1-6-5-7(2)9(4)8(6)3;1-6-4-7(2)8(3)5-6;;;/h6H,1-4H3;4-5H,1-3H3;2*1H;/q2*-1;;;+4/p-2. The first-order chi connectivity index (χ1) is 7.82. The van der Waals surface area contributed by atoms with Crippen molar-refractivity contribution in [2.45, 2.75) is 48.5 Å². The van der Waals surface area contributed by atoms with Crippen molar-refractivity contribution in [2.75, 3.05) is 0 Å². The van der Waals surface area contributed by atoms with Crippen molar-refractivity contribution in [3.63, 3.8) is 0 Å². The molecule has 0 fully saturated rings. The van der Waals surface area contributed by atoms with E-state index in [-0.39, 0.29) is 51.0 Å². The summed E-state index contributed by atoms with van der Waals surface area (Å²) >= 11 is 0. The minimum Gasteiger partial charge on any atom is -1.00 e. The maximum absolute atomic E-state index is 3.36. The van der Waals surface area contributed by atoms with Gasteiger partial charge < -0.3 is 24.8 Å². The summed E-state index contributed by atoms with van der Waals surface area (Å²) in [5.74, 6) is 0.560. The van der Waals surface area contributed by atoms with E-state index >= 15 is 0 Å². The third-order valence-corrected chi connectivity index (χ3v) is 3.75. The van der Waals surface area contributed by atoms with Gasteiger partial charge >= 0.3 is 26.2 Å². The Hall–Kier alpha value is 0.293. The summed E-state index contributed by atoms with van der Waals surface area (Å²) in [5, 5.41) is 0. The monoisotopic (exact) mass is 388 g/mol. The van der Waals surface area contributed by atoms with Gasteiger partial charge in [-0.25, -0.2) is 17.2 Å². The Bertz CT molecular complexity index is 448. The molecule has 0 bridgehead atoms. The molecule has 0 spiro atoms. The molecule has 0 aromatic heterocycles. The van der Waals surface area contributed by atoms with Gasteiger partial charge in [0.25, 0.3) is 0 Å². The van der Waals surface area contributed by atoms with E-state index < -0.39 is 0 Å². The van der Waals surface area contributed by atoms with Gasteiger partial charge in [-0.2, -0.15) is 28.3 Å². The van der Waals surface area contributed by atoms with Crippen molar-refractivity contribution in [1.29, 1.82) is 0 Å². The maximum Gasteiger partial charge on any atom is 4.00 e. The molecule has 3 heteroatoms. The molecule has 0 aliphatic heterocycles. The van der Waals surface area contributed by atoms with Crippen LogP contribution >= 0.6 is 0 Å². The van der Waals surface area contributed by atoms with Crippen molar-refractivity contribution in [3.05, 3.63) is 51.6 Å². The van der Waals surface area contributed by atoms with Crippen LogP contribution in [0.1, 0.15) is 44.4 Å². The zero-order chi connectivity index (χ0) is 13.2. The van der Waals surface area contributed by atoms with Crippen LogP contribution in [0.15, 0.2) is 28.9 Å². The second-order valence-corrected chi connectivity index (χ2v) is 5.20. The Morgan fingerprint density at radius 3 is 1.65 bits per heavy atom. The molecule has 0 radical (unpaired) electrons. The summed E-state index contributed by atoms with van der Waals surface area (Å²) < 4.78 is 0. The molecule has 1 unspecified atom stereocenters. The number of hydrogen-bond donors (Lipinski definition) is 0. The Morgan fingerprint density at radius 2 is 1.55 bits per heavy atom. The number of hydrogen-bond acceptors (Lipinski definition) is 0. The number of rotatable bonds is 0. The second kappa shape index (κ2) is 10.9. The largest absolute Gasteiger partial charge is 4.00 e. The molecule has 1 aromatic rings. The predicted octanol–water partition coefficient (Wildman–Crippen LogP) is -0.942. The predicted molar refractivity (Wildman–Crippen MR) is 76.2 cm³/mol. The minimum atomic E-state index is 0. The number of halogens is 2. The van der Waals surface area contributed by atoms with Crippen LogP contribution in [0.2, 0.25) is 0 Å². The van der Waals surface area contributed by atoms with Gasteiger partial charge in [-0.05, 0) is 0 Å². The first-order valence-corrected chi connectivity index (χ1v) is 6.31. The number of aryl methyl sites for hydroxylation is 3. The van der Waals surface area contributed by atoms with Gasteiger partial charge in [0.05, 0.1) is 0 Å². The Labute approximate surface area is 156 Å². The SMILES string of the molecule is CC1=[C-]C(C)C(C)=C1C.Cc1cc(C)[c-](C)c1.[Cl-].[Cl-].[Zr+4]. The number of allylic oxidation sites excluding steroid dienone is 4. The topological polar surface area (TPSA) is 0 Å². The summed E-state index contributed by atoms with van der Waals surface area (Å²) in [4.78, 5) is 0. The summed E-state index contributed by atoms with van der Waals surface area (Å²) in [6, 6.07) is 4.41. The fourth-order valence-electron chi connectivity index (χ4n) is 2.11. The Balaban J connectivity index is -0.000000252. The summed E-state index contributed by atoms with van der Waals surface area (Å²) in [7, 11) is 0. The van der Waals surface area contributed by atoms with Crippen LogP contribution in [0.5, 0.6) is 0 Å². The quantitative estimate of drug-likeness (QED) is 0.502. The molecular weight excluding hydrogens is 366 g/mol. The van der Waals surface area contributed by atoms with Gasteiger partial charge in [-0.15, -0.1) is 6.92 Å². The van der Waals surface area contributed by atoms with Crippen LogP contribution in [-0.2, 0) is 26.2 Å². The smallest absolute Gasteiger partial charge is 1.00 e. The second-order valence-electron chi connectivity index (χ2n) is 5.20. The first-order valence-electron chi connectivity index (χ1n) is 6.31. The van der Waals surface area contributed by atoms with Gasteiger partial charge in [0, 0.05) is 0 Å². The van der Waals surface area contributed by atoms with E-state index in [1.54, 1.807) is 0 Å². The molecule has 1 aliphatic carbocycles. The zero-order valence-corrected chi connectivity index (χ0v) is 17.5. The molecule has 1 aromatic carbocycles. The molecule has 1 atom stereocenters. The van der Waals surface area contributed by atoms with E-state index in [0.717, 1.165) is 0 Å². The van der Waals surface area contributed by atoms with Crippen LogP contribution in [0.4, 0.5) is 0 Å². The molecule has 0 heterocycles. The minimum absolute atomic E-state index is 0. The van der Waals surface area contributed by atoms with Gasteiger partial charge in [0.1, 0.15) is 0 Å². The summed E-state index contributed by atoms with van der Waals surface area (Å²) in [6.45, 7) is 15.1. The molecular formula is C17H24Cl2Zr. The average molecular weight is 391 g/mol. The normalized spacial score (nSPS) is 16.1. The van der Waals surface area contributed by atoms with Crippen LogP contribution in [0.25, 0.3) is 0 Å². The van der Waals surface area contributed by atoms with Crippen molar-refractivity contribution in [1.82, 2.24) is 0 Å². The molecule has 0 nitrogen and oxygen atoms in total. The molecule has 0 amide bonds. The third-order valence-electron chi connectivity index (χ3n) is 3.75. The van der Waals surface area contributed by atoms with Gasteiger partial charge in [-0.3, -0.25) is 6.08 Å². The third kappa shape index (κ3) is 6.83. The zero-order valence-electron chi connectivity index (χ0n) is 13.5. The van der Waals surface area contributed by atoms with E-state index in [1.165, 1.54) is 33.4 Å². The Kier molecular flexibility index (Phi) is 13.8. The molecule has 0 N–H and O–H groups in total. The van der Waals surface area contributed by atoms with Crippen molar-refractivity contribution in [3.8, 4) is 0 Å². The fraction of sp³-hybridized carbons (Fsp3) is 0.471. The van der Waals surface area contributed by atoms with Crippen LogP contribution < -0.4 is 24.8 Å². The first kappa shape index (κ1) is 25.3. The van der Waals surface area contributed by atoms with Gasteiger partial charge in [0.2, 0.25) is 0 Å². The Morgan fingerprint density at radius 1 is 1.05 bits per heavy atom. The summed E-state index contributed by atoms with van der Waals surface area (Å²) in [5.41, 5.74) is 8.43. The van der Waals surface area contributed by atoms with E-state index in [0.29, 0.717) is 5.92 Å². The van der Waals surface area contributed by atoms with E-state index in [2.05, 4.69) is 66.7 Å². The molecule has 20 heavy (non-hydrogen) atoms. The van der Waals surface area contributed by atoms with E-state index in [1.807, 2.05) is 0 Å². The summed E-state index contributed by atoms with van der Waals surface area (Å²) in [6.07, 6.45) is 3.36. The van der Waals surface area contributed by atoms with Crippen LogP contribution in [0, 0.1) is 32.8 Å². The maximum atomic E-state index is 3.36. The van der Waals surface area contributed by atoms with Gasteiger partial charge in [-0.1, -0.05) is 47.5 Å². The molecule has 1 aliphatic rings. The van der Waals surface area contributed by atoms with Crippen molar-refractivity contribution < 1.29 is 51.0 Å². The molecule has 0 saturated carbocycles. The van der Waals surface area contributed by atoms with Crippen molar-refractivity contribution in [2.24, 2.45) is 5.92 Å². The molecule has 110 valence electrons. The average Bonchev–Trinajstić information content (AvgIpc) is 2.64. The van der Waals surface area contributed by atoms with Gasteiger partial charge in [0.15, 0.2) is 0 Å². The van der Waals surface area contributed by atoms with Crippen molar-refractivity contribution >= 4 is 0 Å². The molecule has 0 saturated heterocycles.